The first-order valence-electron chi connectivity index (χ1n) is 11.9. The maximum atomic E-state index is 13.7. The summed E-state index contributed by atoms with van der Waals surface area (Å²) in [6.07, 6.45) is 2.27. The highest BCUT2D eigenvalue weighted by molar-refractivity contribution is 5.99. The fraction of sp³-hybridized carbons (Fsp3) is 0.407. The largest absolute Gasteiger partial charge is 0.451 e. The highest BCUT2D eigenvalue weighted by atomic mass is 16.5. The van der Waals surface area contributed by atoms with Crippen LogP contribution >= 0.6 is 0 Å². The topological polar surface area (TPSA) is 63.0 Å². The van der Waals surface area contributed by atoms with Crippen LogP contribution in [0.3, 0.4) is 0 Å². The number of ether oxygens (including phenoxy) is 1. The average Bonchev–Trinajstić information content (AvgIpc) is 3.44. The van der Waals surface area contributed by atoms with Gasteiger partial charge in [-0.05, 0) is 49.3 Å². The molecule has 2 fully saturated rings. The van der Waals surface area contributed by atoms with Gasteiger partial charge >= 0.3 is 0 Å². The first-order chi connectivity index (χ1) is 16.1. The van der Waals surface area contributed by atoms with E-state index in [0.717, 1.165) is 41.4 Å². The van der Waals surface area contributed by atoms with Crippen LogP contribution in [-0.4, -0.2) is 53.9 Å². The van der Waals surface area contributed by atoms with Crippen LogP contribution in [-0.2, 0) is 16.0 Å². The van der Waals surface area contributed by atoms with Gasteiger partial charge in [0.05, 0.1) is 12.6 Å². The minimum Gasteiger partial charge on any atom is -0.451 e. The minimum absolute atomic E-state index is 0.0255. The van der Waals surface area contributed by atoms with E-state index < -0.39 is 6.10 Å². The predicted molar refractivity (Wildman–Crippen MR) is 124 cm³/mol. The number of likely N-dealkylation sites (tertiary alicyclic amines) is 2. The quantitative estimate of drug-likeness (QED) is 0.597. The zero-order valence-electron chi connectivity index (χ0n) is 18.8. The van der Waals surface area contributed by atoms with Crippen molar-refractivity contribution < 1.29 is 18.7 Å². The number of benzene rings is 2. The Labute approximate surface area is 193 Å². The van der Waals surface area contributed by atoms with Crippen molar-refractivity contribution in [1.29, 1.82) is 0 Å². The lowest BCUT2D eigenvalue weighted by atomic mass is 9.90. The van der Waals surface area contributed by atoms with E-state index in [9.17, 15) is 9.59 Å². The summed E-state index contributed by atoms with van der Waals surface area (Å²) in [4.78, 5) is 30.9. The lowest BCUT2D eigenvalue weighted by molar-refractivity contribution is -0.149. The molecule has 3 atom stereocenters. The predicted octanol–water partition coefficient (Wildman–Crippen LogP) is 4.12. The van der Waals surface area contributed by atoms with Crippen molar-refractivity contribution in [2.75, 3.05) is 26.2 Å². The van der Waals surface area contributed by atoms with E-state index >= 15 is 0 Å². The number of carbonyl (C=O) groups is 2. The van der Waals surface area contributed by atoms with Crippen LogP contribution in [0.15, 0.2) is 52.9 Å². The van der Waals surface area contributed by atoms with Crippen molar-refractivity contribution in [3.8, 4) is 0 Å². The Kier molecular flexibility index (Phi) is 4.98. The Morgan fingerprint density at radius 3 is 2.73 bits per heavy atom. The standard InChI is InChI=1S/C27H28N2O4/c1-17-20-9-4-5-11-23(20)33-24(17)26(30)28-15-19-8-6-13-29(22(19)16-28)27(31)25-21-10-3-2-7-18(21)12-14-32-25/h2-5,7,9-11,19,22,25H,6,8,12-16H2,1H3/t19-,22+,25-/m0/s1. The molecule has 0 unspecified atom stereocenters. The molecule has 0 bridgehead atoms. The van der Waals surface area contributed by atoms with E-state index in [1.807, 2.05) is 59.2 Å². The molecule has 0 spiro atoms. The highest BCUT2D eigenvalue weighted by Crippen LogP contribution is 2.36. The molecular formula is C27H28N2O4. The second-order valence-electron chi connectivity index (χ2n) is 9.46. The van der Waals surface area contributed by atoms with E-state index in [1.54, 1.807) is 0 Å². The van der Waals surface area contributed by atoms with Gasteiger partial charge in [0.25, 0.3) is 11.8 Å². The summed E-state index contributed by atoms with van der Waals surface area (Å²) < 4.78 is 11.9. The van der Waals surface area contributed by atoms with E-state index in [1.165, 1.54) is 5.56 Å². The molecule has 4 heterocycles. The Morgan fingerprint density at radius 1 is 1.03 bits per heavy atom. The average molecular weight is 445 g/mol. The number of amides is 2. The zero-order valence-corrected chi connectivity index (χ0v) is 18.8. The number of aryl methyl sites for hydroxylation is 1. The van der Waals surface area contributed by atoms with Crippen molar-refractivity contribution in [2.45, 2.75) is 38.3 Å². The van der Waals surface area contributed by atoms with Crippen LogP contribution in [0, 0.1) is 12.8 Å². The van der Waals surface area contributed by atoms with Gasteiger partial charge in [-0.25, -0.2) is 0 Å². The smallest absolute Gasteiger partial charge is 0.289 e. The summed E-state index contributed by atoms with van der Waals surface area (Å²) in [5, 5.41) is 0.974. The summed E-state index contributed by atoms with van der Waals surface area (Å²) >= 11 is 0. The van der Waals surface area contributed by atoms with Crippen LogP contribution in [0.25, 0.3) is 11.0 Å². The molecule has 3 aromatic rings. The van der Waals surface area contributed by atoms with Crippen LogP contribution in [0.1, 0.15) is 46.2 Å². The van der Waals surface area contributed by atoms with Gasteiger partial charge in [-0.1, -0.05) is 42.5 Å². The molecule has 33 heavy (non-hydrogen) atoms. The third-order valence-electron chi connectivity index (χ3n) is 7.61. The number of fused-ring (bicyclic) bond motifs is 3. The number of furan rings is 1. The van der Waals surface area contributed by atoms with Crippen LogP contribution in [0.2, 0.25) is 0 Å². The molecule has 0 aliphatic carbocycles. The Bertz CT molecular complexity index is 1230. The second-order valence-corrected chi connectivity index (χ2v) is 9.46. The SMILES string of the molecule is Cc1c(C(=O)N2C[C@@H]3CCCN(C(=O)[C@H]4OCCc5ccccc54)[C@@H]3C2)oc2ccccc12. The van der Waals surface area contributed by atoms with Gasteiger partial charge in [0.1, 0.15) is 5.58 Å². The van der Waals surface area contributed by atoms with E-state index in [-0.39, 0.29) is 23.8 Å². The van der Waals surface area contributed by atoms with Crippen molar-refractivity contribution in [3.63, 3.8) is 0 Å². The zero-order chi connectivity index (χ0) is 22.5. The van der Waals surface area contributed by atoms with Crippen LogP contribution < -0.4 is 0 Å². The van der Waals surface area contributed by atoms with Crippen molar-refractivity contribution in [1.82, 2.24) is 9.80 Å². The lowest BCUT2D eigenvalue weighted by Crippen LogP contribution is -2.51. The molecule has 2 saturated heterocycles. The highest BCUT2D eigenvalue weighted by Gasteiger charge is 2.45. The number of hydrogen-bond acceptors (Lipinski definition) is 4. The molecule has 2 aromatic carbocycles. The molecule has 1 aromatic heterocycles. The van der Waals surface area contributed by atoms with Crippen LogP contribution in [0.5, 0.6) is 0 Å². The molecule has 0 N–H and O–H groups in total. The van der Waals surface area contributed by atoms with E-state index in [4.69, 9.17) is 9.15 Å². The third-order valence-corrected chi connectivity index (χ3v) is 7.61. The number of carbonyl (C=O) groups excluding carboxylic acids is 2. The number of piperidine rings is 1. The number of para-hydroxylation sites is 1. The second kappa shape index (κ2) is 8.03. The molecule has 0 radical (unpaired) electrons. The van der Waals surface area contributed by atoms with Crippen molar-refractivity contribution in [2.24, 2.45) is 5.92 Å². The number of rotatable bonds is 2. The third kappa shape index (κ3) is 3.35. The monoisotopic (exact) mass is 444 g/mol. The van der Waals surface area contributed by atoms with Crippen molar-refractivity contribution in [3.05, 3.63) is 71.0 Å². The number of nitrogens with zero attached hydrogens (tertiary/aromatic N) is 2. The molecule has 3 aliphatic heterocycles. The molecule has 3 aliphatic rings. The van der Waals surface area contributed by atoms with Crippen molar-refractivity contribution >= 4 is 22.8 Å². The molecule has 6 rings (SSSR count). The first-order valence-corrected chi connectivity index (χ1v) is 11.9. The molecular weight excluding hydrogens is 416 g/mol. The Balaban J connectivity index is 1.24. The first kappa shape index (κ1) is 20.5. The minimum atomic E-state index is -0.545. The van der Waals surface area contributed by atoms with E-state index in [2.05, 4.69) is 6.07 Å². The molecule has 6 heteroatoms. The molecule has 2 amide bonds. The molecule has 170 valence electrons. The number of hydrogen-bond donors (Lipinski definition) is 0. The normalized spacial score (nSPS) is 24.6. The Hall–Kier alpha value is -3.12. The maximum Gasteiger partial charge on any atom is 0.289 e. The van der Waals surface area contributed by atoms with Crippen LogP contribution in [0.4, 0.5) is 0 Å². The maximum absolute atomic E-state index is 13.7. The fourth-order valence-electron chi connectivity index (χ4n) is 5.89. The van der Waals surface area contributed by atoms with E-state index in [0.29, 0.717) is 32.0 Å². The van der Waals surface area contributed by atoms with Gasteiger partial charge in [-0.2, -0.15) is 0 Å². The summed E-state index contributed by atoms with van der Waals surface area (Å²) in [6.45, 7) is 4.42. The summed E-state index contributed by atoms with van der Waals surface area (Å²) in [7, 11) is 0. The van der Waals surface area contributed by atoms with Gasteiger partial charge in [0, 0.05) is 30.6 Å². The molecule has 0 saturated carbocycles. The fourth-order valence-corrected chi connectivity index (χ4v) is 5.89. The van der Waals surface area contributed by atoms with Gasteiger partial charge in [0.2, 0.25) is 0 Å². The van der Waals surface area contributed by atoms with Gasteiger partial charge in [-0.3, -0.25) is 9.59 Å². The lowest BCUT2D eigenvalue weighted by Gasteiger charge is -2.39. The summed E-state index contributed by atoms with van der Waals surface area (Å²) in [6, 6.07) is 15.9. The summed E-state index contributed by atoms with van der Waals surface area (Å²) in [5.74, 6) is 0.656. The van der Waals surface area contributed by atoms with Gasteiger partial charge in [0.15, 0.2) is 11.9 Å². The van der Waals surface area contributed by atoms with Gasteiger partial charge in [-0.15, -0.1) is 0 Å². The summed E-state index contributed by atoms with van der Waals surface area (Å²) in [5.41, 5.74) is 3.80. The molecule has 6 nitrogen and oxygen atoms in total. The Morgan fingerprint density at radius 2 is 1.85 bits per heavy atom. The van der Waals surface area contributed by atoms with Gasteiger partial charge < -0.3 is 19.0 Å².